The van der Waals surface area contributed by atoms with Crippen LogP contribution in [0, 0.1) is 53.3 Å². The highest BCUT2D eigenvalue weighted by Gasteiger charge is 2.69. The van der Waals surface area contributed by atoms with Crippen LogP contribution >= 0.6 is 0 Å². The zero-order valence-corrected chi connectivity index (χ0v) is 55.1. The monoisotopic (exact) mass is 1280 g/mol. The quantitative estimate of drug-likeness (QED) is 0.0331. The van der Waals surface area contributed by atoms with Crippen molar-refractivity contribution in [3.8, 4) is 34.8 Å². The van der Waals surface area contributed by atoms with Gasteiger partial charge in [0, 0.05) is 95.5 Å². The average molecular weight is 1280 g/mol. The Bertz CT molecular complexity index is 4220. The number of hydrogen-bond donors (Lipinski definition) is 8. The topological polar surface area (TPSA) is 179 Å². The van der Waals surface area contributed by atoms with E-state index in [1.54, 1.807) is 36.9 Å². The summed E-state index contributed by atoms with van der Waals surface area (Å²) in [5.74, 6) is 11.0. The number of aliphatic hydroxyl groups excluding tert-OH is 2. The molecule has 1 aromatic heterocycles. The first kappa shape index (κ1) is 61.5. The van der Waals surface area contributed by atoms with Gasteiger partial charge in [-0.3, -0.25) is 5.32 Å². The number of methoxy groups -OCH3 is 1. The van der Waals surface area contributed by atoms with E-state index in [2.05, 4.69) is 100 Å². The Labute approximate surface area is 558 Å². The maximum absolute atomic E-state index is 12.9. The predicted octanol–water partition coefficient (Wildman–Crippen LogP) is 12.9. The third kappa shape index (κ3) is 10.4. The number of phenolic OH excluding ortho intramolecular Hbond substituents is 3. The molecular weight excluding hydrogens is 1180 g/mol. The summed E-state index contributed by atoms with van der Waals surface area (Å²) in [4.78, 5) is 0. The molecule has 494 valence electrons. The molecule has 13 aliphatic rings. The van der Waals surface area contributed by atoms with Crippen molar-refractivity contribution < 1.29 is 44.5 Å². The Kier molecular flexibility index (Phi) is 16.0. The van der Waals surface area contributed by atoms with Gasteiger partial charge in [-0.05, 0) is 218 Å². The molecule has 6 aromatic rings. The number of aromatic hydroxyl groups is 3. The van der Waals surface area contributed by atoms with Crippen LogP contribution in [0.1, 0.15) is 158 Å². The van der Waals surface area contributed by atoms with Gasteiger partial charge in [-0.2, -0.15) is 0 Å². The van der Waals surface area contributed by atoms with E-state index in [0.717, 1.165) is 145 Å². The Hall–Kier alpha value is -7.12. The summed E-state index contributed by atoms with van der Waals surface area (Å²) < 4.78 is 31.3. The molecule has 1 unspecified atom stereocenters. The highest BCUT2D eigenvalue weighted by Crippen LogP contribution is 2.69. The number of dihydropyridines is 1. The lowest BCUT2D eigenvalue weighted by molar-refractivity contribution is -0.247. The molecule has 7 aliphatic heterocycles. The standard InChI is InChI=1S/C82H92N4O9/c1-3-30-83-41-56-34-52-18-15-47(13-14-48-17-27-69(89)55(31-48)32-49-8-6-12-63(88)33-49)16-24-64-66-26-28-73(92-2)84-79(66)85-80-74(64)76(56)95-72(52)40-70(90)51-21-25-65-67(38-51)58(44-87)39-71(91)77(65)93-45-59-37-62(36-57-42-86(80)43-68(57)59)82-61-23-19-50-9-7-10-53(75(50)82)35-54-20-22-60-11-4-5-29-81(60,78(54)82)94-46-61/h6-10,12,17,21,25,27,31,33-34,36-37,39,42-43,47,51-52,54,60-61,70,72-73,76,78-79,83-85,87-91H,3-5,11,13-15,18-20,22-23,26,28-30,32,35,38,40-41,44-46H2,1-2H3/t47-,51+,52-,54+,60+,61+,70+,72-,73-,76-,78-,79?,81-,82+/m1/s1. The van der Waals surface area contributed by atoms with E-state index in [-0.39, 0.29) is 83.6 Å². The van der Waals surface area contributed by atoms with Crippen LogP contribution < -0.4 is 20.7 Å². The second kappa shape index (κ2) is 24.8. The SMILES string of the molecule is CCCNCC1=C[C@H]2CC[C@@H](CCc3ccc(O)c(Cc4cccc(O)c4)c3)C#CC3=C4CC[C@@H](OC)NC4NC4=C3[C@@H]1O[C@@H]2C[C@H](O)[C@H]1C=Cc2c(c(CO)cc(O)c2OCc2cc([C@]35c6c7cccc6C[C@@H]6CC[C@@H]8CCCC[C@]8(OC[C@@H]3CC7)[C@@H]65)cc3cn4cc23)C1. The van der Waals surface area contributed by atoms with Crippen LogP contribution in [0.3, 0.4) is 0 Å². The van der Waals surface area contributed by atoms with Gasteiger partial charge in [0.25, 0.3) is 0 Å². The fourth-order valence-electron chi connectivity index (χ4n) is 20.6. The molecule has 6 aliphatic carbocycles. The Morgan fingerprint density at radius 2 is 1.75 bits per heavy atom. The predicted molar refractivity (Wildman–Crippen MR) is 368 cm³/mol. The van der Waals surface area contributed by atoms with Gasteiger partial charge in [-0.15, -0.1) is 0 Å². The lowest BCUT2D eigenvalue weighted by Gasteiger charge is -2.69. The van der Waals surface area contributed by atoms with E-state index < -0.39 is 12.2 Å². The second-order valence-corrected chi connectivity index (χ2v) is 30.0. The maximum atomic E-state index is 12.9. The number of phenols is 3. The van der Waals surface area contributed by atoms with Crippen LogP contribution in [-0.2, 0) is 64.9 Å². The Morgan fingerprint density at radius 1 is 0.842 bits per heavy atom. The maximum Gasteiger partial charge on any atom is 0.168 e. The average Bonchev–Trinajstić information content (AvgIpc) is 0.958. The third-order valence-electron chi connectivity index (χ3n) is 24.9. The summed E-state index contributed by atoms with van der Waals surface area (Å²) >= 11 is 0. The molecule has 0 radical (unpaired) electrons. The zero-order chi connectivity index (χ0) is 64.3. The lowest BCUT2D eigenvalue weighted by atomic mass is 9.39. The molecule has 2 saturated carbocycles. The number of piperidine rings is 1. The Morgan fingerprint density at radius 3 is 2.63 bits per heavy atom. The summed E-state index contributed by atoms with van der Waals surface area (Å²) in [7, 11) is 1.78. The normalized spacial score (nSPS) is 31.6. The van der Waals surface area contributed by atoms with Gasteiger partial charge >= 0.3 is 0 Å². The second-order valence-electron chi connectivity index (χ2n) is 30.0. The number of aliphatic hydroxyl groups is 2. The number of benzene rings is 5. The van der Waals surface area contributed by atoms with Crippen LogP contribution in [0.4, 0.5) is 0 Å². The molecule has 14 atom stereocenters. The summed E-state index contributed by atoms with van der Waals surface area (Å²) in [6.45, 7) is 4.35. The van der Waals surface area contributed by atoms with Crippen LogP contribution in [0.25, 0.3) is 22.7 Å². The molecule has 19 rings (SSSR count). The first-order valence-electron chi connectivity index (χ1n) is 36.1. The van der Waals surface area contributed by atoms with E-state index in [1.807, 2.05) is 24.3 Å². The zero-order valence-electron chi connectivity index (χ0n) is 55.1. The molecule has 1 spiro atoms. The summed E-state index contributed by atoms with van der Waals surface area (Å²) in [6, 6.07) is 27.2. The van der Waals surface area contributed by atoms with Gasteiger partial charge in [0.2, 0.25) is 0 Å². The van der Waals surface area contributed by atoms with E-state index >= 15 is 0 Å². The number of aromatic nitrogens is 1. The van der Waals surface area contributed by atoms with Crippen molar-refractivity contribution in [3.63, 3.8) is 0 Å². The molecule has 13 heteroatoms. The molecular formula is C82H92N4O9. The first-order valence-corrected chi connectivity index (χ1v) is 36.1. The molecule has 0 amide bonds. The summed E-state index contributed by atoms with van der Waals surface area (Å²) in [5.41, 5.74) is 15.9. The highest BCUT2D eigenvalue weighted by atomic mass is 16.5. The van der Waals surface area contributed by atoms with Gasteiger partial charge in [-0.25, -0.2) is 0 Å². The fourth-order valence-corrected chi connectivity index (χ4v) is 20.6. The smallest absolute Gasteiger partial charge is 0.168 e. The fraction of sp³-hybridized carbons (Fsp3) is 0.488. The first-order chi connectivity index (χ1) is 46.5. The minimum Gasteiger partial charge on any atom is -0.508 e. The number of aryl methyl sites for hydroxylation is 2. The molecule has 8 N–H and O–H groups in total. The van der Waals surface area contributed by atoms with Crippen LogP contribution in [-0.4, -0.2) is 93.2 Å². The number of fused-ring (bicyclic) bond motifs is 6. The Balaban J connectivity index is 0.881. The van der Waals surface area contributed by atoms with Gasteiger partial charge in [0.05, 0.1) is 31.0 Å². The van der Waals surface area contributed by atoms with Crippen LogP contribution in [0.2, 0.25) is 0 Å². The minimum absolute atomic E-state index is 0.0108. The van der Waals surface area contributed by atoms with Crippen molar-refractivity contribution in [2.24, 2.45) is 41.4 Å². The number of nitrogens with one attached hydrogen (secondary N) is 3. The summed E-state index contributed by atoms with van der Waals surface area (Å²) in [5, 5.41) is 71.7. The molecule has 95 heavy (non-hydrogen) atoms. The van der Waals surface area contributed by atoms with Gasteiger partial charge in [0.1, 0.15) is 42.4 Å². The van der Waals surface area contributed by atoms with Gasteiger partial charge < -0.3 is 59.7 Å². The minimum atomic E-state index is -0.807. The van der Waals surface area contributed by atoms with Crippen molar-refractivity contribution in [2.45, 2.75) is 184 Å². The molecule has 4 fully saturated rings. The molecule has 13 nitrogen and oxygen atoms in total. The van der Waals surface area contributed by atoms with Crippen molar-refractivity contribution in [3.05, 3.63) is 187 Å². The van der Waals surface area contributed by atoms with Crippen molar-refractivity contribution >= 4 is 22.7 Å². The summed E-state index contributed by atoms with van der Waals surface area (Å²) in [6.07, 6.45) is 26.5. The number of rotatable bonds is 12. The van der Waals surface area contributed by atoms with Crippen molar-refractivity contribution in [1.29, 1.82) is 0 Å². The van der Waals surface area contributed by atoms with Crippen molar-refractivity contribution in [2.75, 3.05) is 26.8 Å². The highest BCUT2D eigenvalue weighted by molar-refractivity contribution is 5.89. The third-order valence-corrected chi connectivity index (χ3v) is 24.9. The van der Waals surface area contributed by atoms with Crippen LogP contribution in [0.5, 0.6) is 23.0 Å². The molecule has 10 bridgehead atoms. The van der Waals surface area contributed by atoms with Crippen LogP contribution in [0.15, 0.2) is 126 Å². The van der Waals surface area contributed by atoms with Gasteiger partial charge in [-0.1, -0.05) is 98.4 Å². The van der Waals surface area contributed by atoms with E-state index in [0.29, 0.717) is 54.9 Å². The molecule has 8 heterocycles. The number of ether oxygens (including phenoxy) is 4. The largest absolute Gasteiger partial charge is 0.508 e. The van der Waals surface area contributed by atoms with Crippen molar-refractivity contribution in [1.82, 2.24) is 20.5 Å². The van der Waals surface area contributed by atoms with E-state index in [9.17, 15) is 25.5 Å². The number of nitrogens with zero attached hydrogens (tertiary/aromatic N) is 1. The van der Waals surface area contributed by atoms with E-state index in [1.165, 1.54) is 59.9 Å². The van der Waals surface area contributed by atoms with E-state index in [4.69, 9.17) is 18.9 Å². The lowest BCUT2D eigenvalue weighted by Crippen LogP contribution is -2.70. The number of hydrogen-bond acceptors (Lipinski definition) is 12. The molecule has 2 saturated heterocycles. The molecule has 5 aromatic carbocycles. The van der Waals surface area contributed by atoms with Gasteiger partial charge in [0.15, 0.2) is 11.5 Å².